The van der Waals surface area contributed by atoms with Crippen molar-refractivity contribution in [3.63, 3.8) is 0 Å². The van der Waals surface area contributed by atoms with Gasteiger partial charge in [-0.15, -0.1) is 0 Å². The second kappa shape index (κ2) is 5.55. The predicted octanol–water partition coefficient (Wildman–Crippen LogP) is 1.82. The van der Waals surface area contributed by atoms with E-state index in [2.05, 4.69) is 0 Å². The van der Waals surface area contributed by atoms with Gasteiger partial charge in [0.2, 0.25) is 9.84 Å². The van der Waals surface area contributed by atoms with Crippen LogP contribution in [0.3, 0.4) is 0 Å². The molecule has 2 heterocycles. The predicted molar refractivity (Wildman–Crippen MR) is 82.3 cm³/mol. The topological polar surface area (TPSA) is 98.5 Å². The summed E-state index contributed by atoms with van der Waals surface area (Å²) in [6, 6.07) is 4.86. The Labute approximate surface area is 142 Å². The van der Waals surface area contributed by atoms with E-state index < -0.39 is 33.1 Å². The third-order valence-corrected chi connectivity index (χ3v) is 6.79. The average molecular weight is 371 g/mol. The zero-order valence-electron chi connectivity index (χ0n) is 12.2. The zero-order chi connectivity index (χ0) is 17.7. The van der Waals surface area contributed by atoms with Crippen LogP contribution >= 0.6 is 11.6 Å². The lowest BCUT2D eigenvalue weighted by molar-refractivity contribution is -0.146. The van der Waals surface area contributed by atoms with Crippen LogP contribution in [0.1, 0.15) is 6.42 Å². The van der Waals surface area contributed by atoms with Crippen LogP contribution < -0.4 is 0 Å². The average Bonchev–Trinajstić information content (AvgIpc) is 3.03. The molecule has 24 heavy (non-hydrogen) atoms. The van der Waals surface area contributed by atoms with Gasteiger partial charge in [-0.1, -0.05) is 11.6 Å². The van der Waals surface area contributed by atoms with Crippen LogP contribution in [-0.2, 0) is 14.6 Å². The number of nitrogens with zero attached hydrogens (tertiary/aromatic N) is 2. The van der Waals surface area contributed by atoms with E-state index in [0.717, 1.165) is 24.3 Å². The number of hydrogen-bond donors (Lipinski definition) is 1. The molecule has 0 spiro atoms. The van der Waals surface area contributed by atoms with Crippen molar-refractivity contribution >= 4 is 27.4 Å². The lowest BCUT2D eigenvalue weighted by Gasteiger charge is -2.28. The molecule has 3 rings (SSSR count). The van der Waals surface area contributed by atoms with Crippen molar-refractivity contribution < 1.29 is 22.7 Å². The highest BCUT2D eigenvalue weighted by Crippen LogP contribution is 2.44. The molecule has 0 saturated carbocycles. The standard InChI is InChI=1S/C15H12ClFN2O4S/c16-12-5-10(17)1-2-13(12)24(22,23)11-6-15(14(20)21)9(7-18)3-4-19(15)8-11/h1-2,5-6,9H,3-4,8H2,(H,20,21). The lowest BCUT2D eigenvalue weighted by atomic mass is 9.87. The Bertz CT molecular complexity index is 909. The number of aliphatic carboxylic acids is 1. The largest absolute Gasteiger partial charge is 0.480 e. The summed E-state index contributed by atoms with van der Waals surface area (Å²) < 4.78 is 38.7. The van der Waals surface area contributed by atoms with Crippen molar-refractivity contribution in [2.75, 3.05) is 13.1 Å². The molecule has 2 aliphatic heterocycles. The highest BCUT2D eigenvalue weighted by molar-refractivity contribution is 7.95. The van der Waals surface area contributed by atoms with Gasteiger partial charge in [0.15, 0.2) is 5.54 Å². The molecular formula is C15H12ClFN2O4S. The molecule has 1 aromatic rings. The number of nitriles is 1. The van der Waals surface area contributed by atoms with Gasteiger partial charge in [0.05, 0.1) is 26.8 Å². The first-order valence-electron chi connectivity index (χ1n) is 7.03. The van der Waals surface area contributed by atoms with Gasteiger partial charge < -0.3 is 5.11 Å². The van der Waals surface area contributed by atoms with E-state index >= 15 is 0 Å². The maximum absolute atomic E-state index is 13.1. The van der Waals surface area contributed by atoms with E-state index in [-0.39, 0.29) is 21.4 Å². The normalized spacial score (nSPS) is 26.7. The third-order valence-electron chi connectivity index (χ3n) is 4.50. The molecule has 0 amide bonds. The molecule has 126 valence electrons. The van der Waals surface area contributed by atoms with Crippen molar-refractivity contribution in [1.82, 2.24) is 4.90 Å². The first-order valence-corrected chi connectivity index (χ1v) is 8.89. The molecule has 0 aliphatic carbocycles. The van der Waals surface area contributed by atoms with Gasteiger partial charge in [-0.3, -0.25) is 4.90 Å². The van der Waals surface area contributed by atoms with E-state index in [9.17, 15) is 28.0 Å². The SMILES string of the molecule is N#CC1CCN2CC(S(=O)(=O)c3ccc(F)cc3Cl)=CC12C(=O)O. The number of halogens is 2. The van der Waals surface area contributed by atoms with Gasteiger partial charge >= 0.3 is 5.97 Å². The van der Waals surface area contributed by atoms with E-state index in [4.69, 9.17) is 11.6 Å². The fourth-order valence-electron chi connectivity index (χ4n) is 3.30. The van der Waals surface area contributed by atoms with Gasteiger partial charge in [-0.25, -0.2) is 17.6 Å². The van der Waals surface area contributed by atoms with Crippen molar-refractivity contribution in [2.24, 2.45) is 5.92 Å². The van der Waals surface area contributed by atoms with Gasteiger partial charge in [0.1, 0.15) is 5.82 Å². The lowest BCUT2D eigenvalue weighted by Crippen LogP contribution is -2.49. The van der Waals surface area contributed by atoms with Crippen LogP contribution in [0.15, 0.2) is 34.1 Å². The molecule has 1 aromatic carbocycles. The molecule has 6 nitrogen and oxygen atoms in total. The molecule has 1 fully saturated rings. The van der Waals surface area contributed by atoms with Crippen LogP contribution in [0.2, 0.25) is 5.02 Å². The quantitative estimate of drug-likeness (QED) is 0.815. The Morgan fingerprint density at radius 3 is 2.79 bits per heavy atom. The molecule has 1 saturated heterocycles. The van der Waals surface area contributed by atoms with Crippen molar-refractivity contribution in [3.8, 4) is 6.07 Å². The molecule has 0 bridgehead atoms. The van der Waals surface area contributed by atoms with Crippen LogP contribution in [-0.4, -0.2) is 43.0 Å². The summed E-state index contributed by atoms with van der Waals surface area (Å²) in [5.41, 5.74) is -1.65. The molecule has 0 radical (unpaired) electrons. The Hall–Kier alpha value is -1.95. The van der Waals surface area contributed by atoms with Crippen molar-refractivity contribution in [3.05, 3.63) is 40.0 Å². The highest BCUT2D eigenvalue weighted by Gasteiger charge is 2.58. The maximum atomic E-state index is 13.1. The monoisotopic (exact) mass is 370 g/mol. The molecule has 2 aliphatic rings. The summed E-state index contributed by atoms with van der Waals surface area (Å²) in [5.74, 6) is -2.78. The van der Waals surface area contributed by atoms with Gasteiger partial charge in [0.25, 0.3) is 0 Å². The molecule has 1 N–H and O–H groups in total. The molecule has 0 aromatic heterocycles. The number of fused-ring (bicyclic) bond motifs is 1. The fraction of sp³-hybridized carbons (Fsp3) is 0.333. The summed E-state index contributed by atoms with van der Waals surface area (Å²) in [4.78, 5) is 12.8. The Morgan fingerprint density at radius 2 is 2.21 bits per heavy atom. The molecule has 2 unspecified atom stereocenters. The first-order chi connectivity index (χ1) is 11.2. The fourth-order valence-corrected chi connectivity index (χ4v) is 5.28. The van der Waals surface area contributed by atoms with Crippen LogP contribution in [0.4, 0.5) is 4.39 Å². The number of hydrogen-bond acceptors (Lipinski definition) is 5. The molecule has 2 atom stereocenters. The maximum Gasteiger partial charge on any atom is 0.329 e. The minimum Gasteiger partial charge on any atom is -0.480 e. The summed E-state index contributed by atoms with van der Waals surface area (Å²) in [6.07, 6.45) is 1.48. The number of rotatable bonds is 3. The number of carbonyl (C=O) groups is 1. The molecule has 9 heteroatoms. The number of carboxylic acid groups (broad SMARTS) is 1. The summed E-state index contributed by atoms with van der Waals surface area (Å²) in [7, 11) is -4.08. The Balaban J connectivity index is 2.12. The second-order valence-corrected chi connectivity index (χ2v) is 8.09. The van der Waals surface area contributed by atoms with Gasteiger partial charge in [0, 0.05) is 13.1 Å². The van der Waals surface area contributed by atoms with Crippen LogP contribution in [0, 0.1) is 23.1 Å². The molecular weight excluding hydrogens is 359 g/mol. The number of benzene rings is 1. The Morgan fingerprint density at radius 1 is 1.50 bits per heavy atom. The first kappa shape index (κ1) is 16.9. The van der Waals surface area contributed by atoms with Gasteiger partial charge in [-0.2, -0.15) is 5.26 Å². The van der Waals surface area contributed by atoms with E-state index in [1.54, 1.807) is 0 Å². The number of sulfone groups is 1. The number of carboxylic acids is 1. The second-order valence-electron chi connectivity index (χ2n) is 5.71. The smallest absolute Gasteiger partial charge is 0.329 e. The summed E-state index contributed by atoms with van der Waals surface area (Å²) in [6.45, 7) is 0.178. The minimum atomic E-state index is -4.08. The summed E-state index contributed by atoms with van der Waals surface area (Å²) in [5, 5.41) is 18.6. The van der Waals surface area contributed by atoms with Crippen molar-refractivity contribution in [1.29, 1.82) is 5.26 Å². The Kier molecular flexibility index (Phi) is 3.91. The van der Waals surface area contributed by atoms with Gasteiger partial charge in [-0.05, 0) is 30.7 Å². The highest BCUT2D eigenvalue weighted by atomic mass is 35.5. The van der Waals surface area contributed by atoms with E-state index in [1.807, 2.05) is 6.07 Å². The van der Waals surface area contributed by atoms with E-state index in [1.165, 1.54) is 4.90 Å². The van der Waals surface area contributed by atoms with Crippen LogP contribution in [0.5, 0.6) is 0 Å². The van der Waals surface area contributed by atoms with Crippen LogP contribution in [0.25, 0.3) is 0 Å². The van der Waals surface area contributed by atoms with Crippen molar-refractivity contribution in [2.45, 2.75) is 16.9 Å². The minimum absolute atomic E-state index is 0.124. The van der Waals surface area contributed by atoms with E-state index in [0.29, 0.717) is 13.0 Å². The zero-order valence-corrected chi connectivity index (χ0v) is 13.8. The third kappa shape index (κ3) is 2.24. The summed E-state index contributed by atoms with van der Waals surface area (Å²) >= 11 is 5.84.